The van der Waals surface area contributed by atoms with Crippen molar-refractivity contribution in [3.63, 3.8) is 0 Å². The standard InChI is InChI=1S/C17H28N2O2/c1-3-15(18)12-14-6-7-16(17(13-14)20-2)21-11-10-19-8-4-5-9-19/h6-7,13,15H,3-5,8-12,18H2,1-2H3. The second-order valence-corrected chi connectivity index (χ2v) is 5.75. The van der Waals surface area contributed by atoms with Gasteiger partial charge in [0, 0.05) is 12.6 Å². The van der Waals surface area contributed by atoms with Crippen LogP contribution in [-0.2, 0) is 6.42 Å². The molecule has 2 N–H and O–H groups in total. The number of rotatable bonds is 8. The smallest absolute Gasteiger partial charge is 0.161 e. The molecule has 1 atom stereocenters. The van der Waals surface area contributed by atoms with Gasteiger partial charge in [0.2, 0.25) is 0 Å². The third-order valence-corrected chi connectivity index (χ3v) is 4.11. The van der Waals surface area contributed by atoms with E-state index in [1.54, 1.807) is 7.11 Å². The lowest BCUT2D eigenvalue weighted by Gasteiger charge is -2.17. The van der Waals surface area contributed by atoms with Crippen molar-refractivity contribution in [2.45, 2.75) is 38.6 Å². The van der Waals surface area contributed by atoms with E-state index in [0.29, 0.717) is 6.61 Å². The van der Waals surface area contributed by atoms with Crippen LogP contribution in [0.15, 0.2) is 18.2 Å². The first-order chi connectivity index (χ1) is 10.2. The molecule has 21 heavy (non-hydrogen) atoms. The summed E-state index contributed by atoms with van der Waals surface area (Å²) in [6.07, 6.45) is 4.49. The number of nitrogens with zero attached hydrogens (tertiary/aromatic N) is 1. The molecule has 0 saturated carbocycles. The molecular weight excluding hydrogens is 264 g/mol. The molecule has 1 aliphatic rings. The summed E-state index contributed by atoms with van der Waals surface area (Å²) in [5.41, 5.74) is 7.21. The molecule has 0 aliphatic carbocycles. The van der Waals surface area contributed by atoms with Gasteiger partial charge >= 0.3 is 0 Å². The molecule has 1 unspecified atom stereocenters. The zero-order valence-electron chi connectivity index (χ0n) is 13.3. The summed E-state index contributed by atoms with van der Waals surface area (Å²) in [4.78, 5) is 2.45. The fourth-order valence-corrected chi connectivity index (χ4v) is 2.70. The van der Waals surface area contributed by atoms with Crippen molar-refractivity contribution in [1.82, 2.24) is 4.90 Å². The van der Waals surface area contributed by atoms with E-state index in [9.17, 15) is 0 Å². The van der Waals surface area contributed by atoms with Crippen molar-refractivity contribution >= 4 is 0 Å². The van der Waals surface area contributed by atoms with E-state index in [1.165, 1.54) is 31.5 Å². The Morgan fingerprint density at radius 3 is 2.67 bits per heavy atom. The van der Waals surface area contributed by atoms with Crippen LogP contribution in [0.2, 0.25) is 0 Å². The van der Waals surface area contributed by atoms with Crippen molar-refractivity contribution in [1.29, 1.82) is 0 Å². The fourth-order valence-electron chi connectivity index (χ4n) is 2.70. The Bertz CT molecular complexity index is 431. The minimum absolute atomic E-state index is 0.205. The maximum Gasteiger partial charge on any atom is 0.161 e. The quantitative estimate of drug-likeness (QED) is 0.799. The number of ether oxygens (including phenoxy) is 2. The predicted molar refractivity (Wildman–Crippen MR) is 86.1 cm³/mol. The third-order valence-electron chi connectivity index (χ3n) is 4.11. The van der Waals surface area contributed by atoms with Crippen LogP contribution in [0.5, 0.6) is 11.5 Å². The minimum Gasteiger partial charge on any atom is -0.493 e. The van der Waals surface area contributed by atoms with Gasteiger partial charge in [-0.2, -0.15) is 0 Å². The molecule has 0 spiro atoms. The van der Waals surface area contributed by atoms with E-state index < -0.39 is 0 Å². The van der Waals surface area contributed by atoms with E-state index in [2.05, 4.69) is 17.9 Å². The van der Waals surface area contributed by atoms with Crippen molar-refractivity contribution in [3.8, 4) is 11.5 Å². The summed E-state index contributed by atoms with van der Waals surface area (Å²) in [5.74, 6) is 1.63. The van der Waals surface area contributed by atoms with Gasteiger partial charge in [-0.3, -0.25) is 4.90 Å². The Morgan fingerprint density at radius 1 is 1.24 bits per heavy atom. The van der Waals surface area contributed by atoms with Crippen molar-refractivity contribution in [3.05, 3.63) is 23.8 Å². The second kappa shape index (κ2) is 8.25. The summed E-state index contributed by atoms with van der Waals surface area (Å²) >= 11 is 0. The molecule has 0 amide bonds. The summed E-state index contributed by atoms with van der Waals surface area (Å²) < 4.78 is 11.3. The average molecular weight is 292 g/mol. The van der Waals surface area contributed by atoms with Gasteiger partial charge in [-0.05, 0) is 56.5 Å². The van der Waals surface area contributed by atoms with Crippen LogP contribution in [0.4, 0.5) is 0 Å². The largest absolute Gasteiger partial charge is 0.493 e. The maximum atomic E-state index is 6.01. The summed E-state index contributed by atoms with van der Waals surface area (Å²) in [6.45, 7) is 6.22. The lowest BCUT2D eigenvalue weighted by atomic mass is 10.0. The second-order valence-electron chi connectivity index (χ2n) is 5.75. The van der Waals surface area contributed by atoms with Crippen LogP contribution >= 0.6 is 0 Å². The fraction of sp³-hybridized carbons (Fsp3) is 0.647. The number of benzene rings is 1. The predicted octanol–water partition coefficient (Wildman–Crippen LogP) is 2.45. The Kier molecular flexibility index (Phi) is 6.33. The van der Waals surface area contributed by atoms with Crippen LogP contribution in [-0.4, -0.2) is 44.3 Å². The Labute approximate surface area is 128 Å². The van der Waals surface area contributed by atoms with Crippen molar-refractivity contribution in [2.24, 2.45) is 5.73 Å². The molecule has 1 heterocycles. The van der Waals surface area contributed by atoms with E-state index in [1.807, 2.05) is 12.1 Å². The van der Waals surface area contributed by atoms with Crippen LogP contribution in [0.25, 0.3) is 0 Å². The van der Waals surface area contributed by atoms with Crippen LogP contribution in [0.3, 0.4) is 0 Å². The highest BCUT2D eigenvalue weighted by atomic mass is 16.5. The zero-order chi connectivity index (χ0) is 15.1. The van der Waals surface area contributed by atoms with E-state index in [4.69, 9.17) is 15.2 Å². The molecule has 0 bridgehead atoms. The first kappa shape index (κ1) is 16.1. The summed E-state index contributed by atoms with van der Waals surface area (Å²) in [7, 11) is 1.69. The van der Waals surface area contributed by atoms with Gasteiger partial charge in [-0.25, -0.2) is 0 Å². The lowest BCUT2D eigenvalue weighted by molar-refractivity contribution is 0.230. The minimum atomic E-state index is 0.205. The number of likely N-dealkylation sites (tertiary alicyclic amines) is 1. The molecule has 118 valence electrons. The average Bonchev–Trinajstić information content (AvgIpc) is 3.01. The Balaban J connectivity index is 1.89. The molecule has 4 heteroatoms. The monoisotopic (exact) mass is 292 g/mol. The molecule has 1 aliphatic heterocycles. The molecule has 1 saturated heterocycles. The SMILES string of the molecule is CCC(N)Cc1ccc(OCCN2CCCC2)c(OC)c1. The molecule has 0 aromatic heterocycles. The highest BCUT2D eigenvalue weighted by molar-refractivity contribution is 5.43. The molecule has 0 radical (unpaired) electrons. The van der Waals surface area contributed by atoms with Gasteiger partial charge in [-0.1, -0.05) is 13.0 Å². The van der Waals surface area contributed by atoms with Crippen LogP contribution in [0.1, 0.15) is 31.7 Å². The number of hydrogen-bond acceptors (Lipinski definition) is 4. The van der Waals surface area contributed by atoms with Gasteiger partial charge in [0.05, 0.1) is 7.11 Å². The molecule has 1 aromatic rings. The highest BCUT2D eigenvalue weighted by Gasteiger charge is 2.12. The summed E-state index contributed by atoms with van der Waals surface area (Å²) in [6, 6.07) is 6.33. The summed E-state index contributed by atoms with van der Waals surface area (Å²) in [5, 5.41) is 0. The molecule has 4 nitrogen and oxygen atoms in total. The van der Waals surface area contributed by atoms with E-state index in [-0.39, 0.29) is 6.04 Å². The first-order valence-corrected chi connectivity index (χ1v) is 8.00. The Morgan fingerprint density at radius 2 is 2.00 bits per heavy atom. The van der Waals surface area contributed by atoms with Crippen LogP contribution < -0.4 is 15.2 Å². The van der Waals surface area contributed by atoms with Crippen molar-refractivity contribution in [2.75, 3.05) is 33.4 Å². The number of hydrogen-bond donors (Lipinski definition) is 1. The Hall–Kier alpha value is -1.26. The molecule has 2 rings (SSSR count). The van der Waals surface area contributed by atoms with Crippen molar-refractivity contribution < 1.29 is 9.47 Å². The molecule has 1 fully saturated rings. The van der Waals surface area contributed by atoms with E-state index in [0.717, 1.165) is 30.9 Å². The van der Waals surface area contributed by atoms with Gasteiger partial charge < -0.3 is 15.2 Å². The highest BCUT2D eigenvalue weighted by Crippen LogP contribution is 2.28. The maximum absolute atomic E-state index is 6.01. The van der Waals surface area contributed by atoms with Gasteiger partial charge in [0.1, 0.15) is 6.61 Å². The third kappa shape index (κ3) is 4.90. The first-order valence-electron chi connectivity index (χ1n) is 8.00. The topological polar surface area (TPSA) is 47.7 Å². The van der Waals surface area contributed by atoms with Crippen LogP contribution in [0, 0.1) is 0 Å². The molecular formula is C17H28N2O2. The molecule has 1 aromatic carbocycles. The van der Waals surface area contributed by atoms with E-state index >= 15 is 0 Å². The van der Waals surface area contributed by atoms with Gasteiger partial charge in [0.25, 0.3) is 0 Å². The van der Waals surface area contributed by atoms with Gasteiger partial charge in [0.15, 0.2) is 11.5 Å². The normalized spacial score (nSPS) is 16.9. The van der Waals surface area contributed by atoms with Gasteiger partial charge in [-0.15, -0.1) is 0 Å². The number of methoxy groups -OCH3 is 1. The number of nitrogens with two attached hydrogens (primary N) is 1. The zero-order valence-corrected chi connectivity index (χ0v) is 13.3. The lowest BCUT2D eigenvalue weighted by Crippen LogP contribution is -2.25.